The van der Waals surface area contributed by atoms with Gasteiger partial charge in [0.25, 0.3) is 0 Å². The molecule has 26 heteroatoms. The first-order valence-electron chi connectivity index (χ1n) is 38.4. The Morgan fingerprint density at radius 1 is 0.474 bits per heavy atom. The molecule has 9 aromatic rings. The van der Waals surface area contributed by atoms with E-state index >= 15 is 0 Å². The molecule has 10 N–H and O–H groups in total. The van der Waals surface area contributed by atoms with E-state index < -0.39 is 54.7 Å². The predicted molar refractivity (Wildman–Crippen MR) is 429 cm³/mol. The van der Waals surface area contributed by atoms with Gasteiger partial charge < -0.3 is 79.9 Å². The summed E-state index contributed by atoms with van der Waals surface area (Å²) in [6.07, 6.45) is 7.73. The minimum atomic E-state index is -1.10. The Labute approximate surface area is 677 Å². The van der Waals surface area contributed by atoms with Crippen LogP contribution in [-0.2, 0) is 77.4 Å². The Morgan fingerprint density at radius 3 is 1.32 bits per heavy atom. The van der Waals surface area contributed by atoms with Crippen LogP contribution in [0, 0.1) is 11.3 Å². The van der Waals surface area contributed by atoms with Crippen LogP contribution < -0.4 is 39.1 Å². The number of halogens is 2. The van der Waals surface area contributed by atoms with E-state index in [0.717, 1.165) is 115 Å². The number of aliphatic carboxylic acids is 4. The van der Waals surface area contributed by atoms with Crippen LogP contribution in [0.1, 0.15) is 179 Å². The van der Waals surface area contributed by atoms with Gasteiger partial charge >= 0.3 is 23.9 Å². The van der Waals surface area contributed by atoms with E-state index in [1.807, 2.05) is 66.7 Å². The van der Waals surface area contributed by atoms with E-state index in [0.29, 0.717) is 75.5 Å². The molecule has 4 aliphatic rings. The number of aryl methyl sites for hydroxylation is 2. The molecule has 0 fully saturated rings. The van der Waals surface area contributed by atoms with E-state index in [1.54, 1.807) is 19.4 Å². The van der Waals surface area contributed by atoms with Crippen LogP contribution in [0.5, 0.6) is 35.0 Å². The molecule has 2 unspecified atom stereocenters. The molecule has 24 nitrogen and oxygen atoms in total. The standard InChI is InChI=1S/C47H47Br2N5O10.C41H45NO8/c1-61-44-28(5-2-6-30(55)18-42(57)58)16-38(48)46(53-44)63-40-13-11-34-32(7-3-9-36(34)40)33-8-4-10-37-35(33)12-14-41(37)64-47-39(49)17-29(23-52-24-31(56)19-43(59)60)45(54-47)62-25-27-15-26(20-50)21-51-22-27;43-28(22-40(45)46)5-1-4-26-10-14-30(15-11-26)49-38-20-18-34-32(6-2-8-36(34)38)33-7-3-9-37-35(33)19-21-39(37)50-31-16-12-27(13-17-31)24-42-25-29(44)23-41(47)48/h3-4,7-10,15-17,21-22,30-31,40-41,52,55-56H,2,5-6,11-14,18-19,23-25H2,1H3,(H,57,58)(H,59,60);2-3,6-17,28-29,38-39,42-44H,1,4-5,18-25H2,(H,45,46)(H,47,48)/t30-,31+,40+,41+;28-,29+,38?,39?/m11/s1. The maximum absolute atomic E-state index is 11.1. The van der Waals surface area contributed by atoms with Crippen LogP contribution in [0.4, 0.5) is 0 Å². The van der Waals surface area contributed by atoms with E-state index in [9.17, 15) is 44.9 Å². The zero-order chi connectivity index (χ0) is 80.4. The molecule has 114 heavy (non-hydrogen) atoms. The number of hydrogen-bond donors (Lipinski definition) is 10. The van der Waals surface area contributed by atoms with Crippen molar-refractivity contribution in [2.24, 2.45) is 0 Å². The number of nitriles is 1. The lowest BCUT2D eigenvalue weighted by molar-refractivity contribution is -0.140. The molecule has 0 bridgehead atoms. The van der Waals surface area contributed by atoms with Crippen molar-refractivity contribution < 1.29 is 88.5 Å². The third-order valence-corrected chi connectivity index (χ3v) is 22.0. The zero-order valence-corrected chi connectivity index (χ0v) is 66.2. The summed E-state index contributed by atoms with van der Waals surface area (Å²) in [5.74, 6) is -1.08. The van der Waals surface area contributed by atoms with Crippen LogP contribution in [0.15, 0.2) is 161 Å². The van der Waals surface area contributed by atoms with E-state index in [2.05, 4.69) is 120 Å². The number of nitrogens with zero attached hydrogens (tertiary/aromatic N) is 4. The number of carboxylic acids is 4. The fourth-order valence-corrected chi connectivity index (χ4v) is 16.4. The number of methoxy groups -OCH3 is 1. The number of ether oxygens (including phenoxy) is 6. The third kappa shape index (κ3) is 21.9. The zero-order valence-electron chi connectivity index (χ0n) is 63.0. The Hall–Kier alpha value is -10.3. The molecule has 13 rings (SSSR count). The topological polar surface area (TPSA) is 372 Å². The van der Waals surface area contributed by atoms with Crippen molar-refractivity contribution in [3.05, 3.63) is 239 Å². The summed E-state index contributed by atoms with van der Waals surface area (Å²) in [5.41, 5.74) is 19.2. The number of aromatic nitrogens is 3. The summed E-state index contributed by atoms with van der Waals surface area (Å²) < 4.78 is 39.3. The second-order valence-corrected chi connectivity index (χ2v) is 30.8. The number of carboxylic acid groups (broad SMARTS) is 4. The number of nitrogens with one attached hydrogen (secondary N) is 2. The van der Waals surface area contributed by atoms with Gasteiger partial charge in [0.05, 0.1) is 71.7 Å². The average Bonchev–Trinajstić information content (AvgIpc) is 1.59. The molecule has 3 aromatic heterocycles. The highest BCUT2D eigenvalue weighted by Crippen LogP contribution is 2.49. The summed E-state index contributed by atoms with van der Waals surface area (Å²) in [6, 6.07) is 49.1. The second-order valence-electron chi connectivity index (χ2n) is 29.1. The summed E-state index contributed by atoms with van der Waals surface area (Å²) in [4.78, 5) is 57.1. The molecule has 0 saturated carbocycles. The number of carbonyl (C=O) groups is 4. The lowest BCUT2D eigenvalue weighted by atomic mass is 9.91. The lowest BCUT2D eigenvalue weighted by Gasteiger charge is -2.19. The molecular weight excluding hydrogens is 1590 g/mol. The minimum absolute atomic E-state index is 0.0252. The quantitative estimate of drug-likeness (QED) is 0.0172. The molecule has 4 aliphatic carbocycles. The van der Waals surface area contributed by atoms with Gasteiger partial charge in [-0.25, -0.2) is 0 Å². The molecule has 3 heterocycles. The van der Waals surface area contributed by atoms with Gasteiger partial charge in [-0.3, -0.25) is 24.2 Å². The van der Waals surface area contributed by atoms with Gasteiger partial charge in [-0.15, -0.1) is 0 Å². The van der Waals surface area contributed by atoms with Crippen LogP contribution in [-0.4, -0.2) is 124 Å². The average molecular weight is 1680 g/mol. The van der Waals surface area contributed by atoms with Crippen molar-refractivity contribution in [1.82, 2.24) is 25.6 Å². The molecule has 0 amide bonds. The van der Waals surface area contributed by atoms with Crippen LogP contribution in [0.3, 0.4) is 0 Å². The molecule has 0 saturated heterocycles. The van der Waals surface area contributed by atoms with E-state index in [4.69, 9.17) is 58.8 Å². The van der Waals surface area contributed by atoms with Crippen molar-refractivity contribution in [1.29, 1.82) is 5.26 Å². The number of fused-ring (bicyclic) bond motifs is 4. The Bertz CT molecular complexity index is 4800. The Balaban J connectivity index is 0.000000217. The van der Waals surface area contributed by atoms with Crippen molar-refractivity contribution >= 4 is 55.7 Å². The maximum Gasteiger partial charge on any atom is 0.306 e. The van der Waals surface area contributed by atoms with Crippen LogP contribution in [0.2, 0.25) is 0 Å². The molecule has 6 aromatic carbocycles. The van der Waals surface area contributed by atoms with E-state index in [-0.39, 0.29) is 75.8 Å². The van der Waals surface area contributed by atoms with Crippen molar-refractivity contribution in [3.63, 3.8) is 0 Å². The molecule has 596 valence electrons. The fourth-order valence-electron chi connectivity index (χ4n) is 15.5. The minimum Gasteiger partial charge on any atom is -0.486 e. The Morgan fingerprint density at radius 2 is 0.877 bits per heavy atom. The monoisotopic (exact) mass is 1680 g/mol. The van der Waals surface area contributed by atoms with Gasteiger partial charge in [0.1, 0.15) is 48.6 Å². The number of rotatable bonds is 38. The number of hydrogen-bond acceptors (Lipinski definition) is 20. The molecule has 0 aliphatic heterocycles. The van der Waals surface area contributed by atoms with Gasteiger partial charge in [0, 0.05) is 55.3 Å². The first-order chi connectivity index (χ1) is 55.1. The largest absolute Gasteiger partial charge is 0.486 e. The summed E-state index contributed by atoms with van der Waals surface area (Å²) in [6.45, 7) is 1.08. The SMILES string of the molecule is COc1nc(O[C@H]2CCc3c(-c4cccc5c4CC[C@@H]5Oc4nc(OCc5cncc(C#N)c5)c(CNC[C@@H](O)CC(=O)O)cc4Br)cccc32)c(Br)cc1CCC[C@@H](O)CC(=O)O.O=C(O)C[C@H](O)CCCc1ccc(OC2CCc3c(-c4cccc5c4CCC5Oc4ccc(CNC[C@@H](O)CC(=O)O)cc4)cccc32)cc1. The first-order valence-corrected chi connectivity index (χ1v) is 39.9. The summed E-state index contributed by atoms with van der Waals surface area (Å²) in [7, 11) is 1.55. The van der Waals surface area contributed by atoms with Gasteiger partial charge in [-0.1, -0.05) is 97.1 Å². The molecule has 0 spiro atoms. The maximum atomic E-state index is 11.1. The van der Waals surface area contributed by atoms with Gasteiger partial charge in [0.2, 0.25) is 23.5 Å². The first kappa shape index (κ1) is 83.1. The number of aliphatic hydroxyl groups is 4. The fraction of sp³-hybridized carbons (Fsp3) is 0.364. The highest BCUT2D eigenvalue weighted by molar-refractivity contribution is 9.11. The molecule has 0 radical (unpaired) electrons. The molecular formula is C88H92Br2N6O18. The van der Waals surface area contributed by atoms with Crippen molar-refractivity contribution in [2.75, 3.05) is 20.2 Å². The highest BCUT2D eigenvalue weighted by atomic mass is 79.9. The van der Waals surface area contributed by atoms with Crippen molar-refractivity contribution in [3.8, 4) is 63.3 Å². The number of pyridine rings is 3. The van der Waals surface area contributed by atoms with E-state index in [1.165, 1.54) is 50.7 Å². The van der Waals surface area contributed by atoms with Gasteiger partial charge in [-0.05, 0) is 242 Å². The Kier molecular flexibility index (Phi) is 28.9. The van der Waals surface area contributed by atoms with Gasteiger partial charge in [-0.2, -0.15) is 15.2 Å². The lowest BCUT2D eigenvalue weighted by Crippen LogP contribution is -2.28. The number of benzene rings is 6. The van der Waals surface area contributed by atoms with Gasteiger partial charge in [0.15, 0.2) is 0 Å². The number of aliphatic hydroxyl groups excluding tert-OH is 4. The normalized spacial score (nSPS) is 16.6. The summed E-state index contributed by atoms with van der Waals surface area (Å²) in [5, 5.41) is 90.9. The summed E-state index contributed by atoms with van der Waals surface area (Å²) >= 11 is 7.30. The third-order valence-electron chi connectivity index (χ3n) is 20.8. The second kappa shape index (κ2) is 39.6. The van der Waals surface area contributed by atoms with Crippen LogP contribution >= 0.6 is 31.9 Å². The highest BCUT2D eigenvalue weighted by Gasteiger charge is 2.35. The molecule has 8 atom stereocenters. The van der Waals surface area contributed by atoms with Crippen LogP contribution in [0.25, 0.3) is 22.3 Å². The smallest absolute Gasteiger partial charge is 0.306 e. The van der Waals surface area contributed by atoms with Crippen molar-refractivity contribution in [2.45, 2.75) is 184 Å². The predicted octanol–water partition coefficient (Wildman–Crippen LogP) is 14.3.